The van der Waals surface area contributed by atoms with Gasteiger partial charge in [0.1, 0.15) is 0 Å². The molecule has 0 aliphatic carbocycles. The Kier molecular flexibility index (Phi) is 4.63. The van der Waals surface area contributed by atoms with E-state index in [-0.39, 0.29) is 11.8 Å². The van der Waals surface area contributed by atoms with Crippen molar-refractivity contribution in [2.45, 2.75) is 33.4 Å². The topological polar surface area (TPSA) is 71.5 Å². The third-order valence-electron chi connectivity index (χ3n) is 5.45. The Morgan fingerprint density at radius 2 is 2.00 bits per heavy atom. The molecule has 7 nitrogen and oxygen atoms in total. The van der Waals surface area contributed by atoms with Crippen LogP contribution < -0.4 is 9.64 Å². The molecule has 0 radical (unpaired) electrons. The summed E-state index contributed by atoms with van der Waals surface area (Å²) >= 11 is 6.33. The molecule has 0 N–H and O–H groups in total. The summed E-state index contributed by atoms with van der Waals surface area (Å²) < 4.78 is 5.00. The summed E-state index contributed by atoms with van der Waals surface area (Å²) in [4.78, 5) is 30.0. The van der Waals surface area contributed by atoms with Gasteiger partial charge in [-0.1, -0.05) is 11.6 Å². The van der Waals surface area contributed by atoms with Crippen LogP contribution in [0.5, 0.6) is 6.01 Å². The fourth-order valence-electron chi connectivity index (χ4n) is 3.90. The summed E-state index contributed by atoms with van der Waals surface area (Å²) in [5, 5.41) is 0.703. The predicted octanol–water partition coefficient (Wildman–Crippen LogP) is 2.52. The smallest absolute Gasteiger partial charge is 0.316 e. The van der Waals surface area contributed by atoms with E-state index in [0.717, 1.165) is 41.2 Å². The summed E-state index contributed by atoms with van der Waals surface area (Å²) in [5.41, 5.74) is 4.85. The Balaban J connectivity index is 1.44. The molecule has 0 aromatic carbocycles. The lowest BCUT2D eigenvalue weighted by Gasteiger charge is -2.21. The largest absolute Gasteiger partial charge is 0.467 e. The van der Waals surface area contributed by atoms with Crippen LogP contribution in [0.15, 0.2) is 12.4 Å². The molecule has 1 amide bonds. The number of rotatable bonds is 3. The fraction of sp³-hybridized carbons (Fsp3) is 0.474. The first-order valence-corrected chi connectivity index (χ1v) is 9.40. The predicted molar refractivity (Wildman–Crippen MR) is 102 cm³/mol. The summed E-state index contributed by atoms with van der Waals surface area (Å²) in [6.07, 6.45) is 4.30. The van der Waals surface area contributed by atoms with Crippen molar-refractivity contribution >= 4 is 23.2 Å². The van der Waals surface area contributed by atoms with Crippen molar-refractivity contribution < 1.29 is 9.53 Å². The maximum atomic E-state index is 13.1. The standard InChI is InChI=1S/C19H22ClN5O2/c1-11-15-9-25(10-16(15)23-12(2)17(11)20)18(26)13-4-5-24(8-13)14-6-21-19(27-3)22-7-14/h6-7,13H,4-5,8-10H2,1-3H3/t13-/m1/s1. The minimum Gasteiger partial charge on any atom is -0.467 e. The molecule has 142 valence electrons. The Hall–Kier alpha value is -2.41. The van der Waals surface area contributed by atoms with Crippen molar-refractivity contribution in [3.05, 3.63) is 39.9 Å². The first kappa shape index (κ1) is 18.0. The van der Waals surface area contributed by atoms with E-state index in [2.05, 4.69) is 19.9 Å². The Morgan fingerprint density at radius 3 is 2.70 bits per heavy atom. The second-order valence-corrected chi connectivity index (χ2v) is 7.49. The SMILES string of the molecule is COc1ncc(N2CC[C@@H](C(=O)N3Cc4nc(C)c(Cl)c(C)c4C3)C2)cn1. The van der Waals surface area contributed by atoms with E-state index in [1.54, 1.807) is 19.5 Å². The zero-order chi connectivity index (χ0) is 19.1. The average molecular weight is 388 g/mol. The van der Waals surface area contributed by atoms with Gasteiger partial charge in [-0.2, -0.15) is 0 Å². The van der Waals surface area contributed by atoms with Gasteiger partial charge in [-0.25, -0.2) is 9.97 Å². The van der Waals surface area contributed by atoms with Crippen LogP contribution in [0.2, 0.25) is 5.02 Å². The zero-order valence-electron chi connectivity index (χ0n) is 15.7. The third kappa shape index (κ3) is 3.20. The van der Waals surface area contributed by atoms with E-state index in [1.807, 2.05) is 18.7 Å². The number of methoxy groups -OCH3 is 1. The molecule has 0 bridgehead atoms. The zero-order valence-corrected chi connectivity index (χ0v) is 16.5. The molecule has 0 saturated carbocycles. The van der Waals surface area contributed by atoms with Gasteiger partial charge >= 0.3 is 6.01 Å². The number of carbonyl (C=O) groups is 1. The lowest BCUT2D eigenvalue weighted by Crippen LogP contribution is -2.34. The van der Waals surface area contributed by atoms with Crippen molar-refractivity contribution in [3.63, 3.8) is 0 Å². The molecule has 27 heavy (non-hydrogen) atoms. The molecule has 4 rings (SSSR count). The first-order chi connectivity index (χ1) is 13.0. The summed E-state index contributed by atoms with van der Waals surface area (Å²) in [6, 6.07) is 0.345. The Labute approximate surface area is 163 Å². The van der Waals surface area contributed by atoms with E-state index < -0.39 is 0 Å². The highest BCUT2D eigenvalue weighted by atomic mass is 35.5. The van der Waals surface area contributed by atoms with Gasteiger partial charge in [-0.15, -0.1) is 0 Å². The van der Waals surface area contributed by atoms with Gasteiger partial charge in [0.25, 0.3) is 0 Å². The van der Waals surface area contributed by atoms with E-state index in [0.29, 0.717) is 30.7 Å². The molecule has 1 saturated heterocycles. The maximum absolute atomic E-state index is 13.1. The minimum absolute atomic E-state index is 0.0294. The molecule has 8 heteroatoms. The quantitative estimate of drug-likeness (QED) is 0.805. The van der Waals surface area contributed by atoms with Crippen molar-refractivity contribution in [2.75, 3.05) is 25.1 Å². The summed E-state index contributed by atoms with van der Waals surface area (Å²) in [7, 11) is 1.54. The van der Waals surface area contributed by atoms with Gasteiger partial charge in [0.15, 0.2) is 0 Å². The van der Waals surface area contributed by atoms with E-state index in [1.165, 1.54) is 0 Å². The van der Waals surface area contributed by atoms with Crippen LogP contribution in [-0.2, 0) is 17.9 Å². The van der Waals surface area contributed by atoms with Gasteiger partial charge in [-0.3, -0.25) is 9.78 Å². The summed E-state index contributed by atoms with van der Waals surface area (Å²) in [6.45, 7) is 6.56. The van der Waals surface area contributed by atoms with Crippen LogP contribution in [0, 0.1) is 19.8 Å². The third-order valence-corrected chi connectivity index (χ3v) is 6.01. The number of hydrogen-bond donors (Lipinski definition) is 0. The number of aromatic nitrogens is 3. The lowest BCUT2D eigenvalue weighted by atomic mass is 10.1. The van der Waals surface area contributed by atoms with Crippen LogP contribution >= 0.6 is 11.6 Å². The minimum atomic E-state index is -0.0294. The molecule has 1 fully saturated rings. The van der Waals surface area contributed by atoms with Crippen molar-refractivity contribution in [3.8, 4) is 6.01 Å². The highest BCUT2D eigenvalue weighted by Gasteiger charge is 2.35. The fourth-order valence-corrected chi connectivity index (χ4v) is 4.05. The van der Waals surface area contributed by atoms with Gasteiger partial charge in [0.2, 0.25) is 5.91 Å². The number of ether oxygens (including phenoxy) is 1. The second kappa shape index (κ2) is 6.96. The first-order valence-electron chi connectivity index (χ1n) is 9.02. The molecule has 2 aliphatic rings. The number of aryl methyl sites for hydroxylation is 1. The molecule has 2 aromatic heterocycles. The normalized spacial score (nSPS) is 18.7. The van der Waals surface area contributed by atoms with E-state index in [4.69, 9.17) is 16.3 Å². The molecule has 0 spiro atoms. The lowest BCUT2D eigenvalue weighted by molar-refractivity contribution is -0.135. The molecule has 2 aliphatic heterocycles. The molecule has 4 heterocycles. The molecule has 2 aromatic rings. The maximum Gasteiger partial charge on any atom is 0.316 e. The molecule has 1 atom stereocenters. The summed E-state index contributed by atoms with van der Waals surface area (Å²) in [5.74, 6) is 0.149. The van der Waals surface area contributed by atoms with Gasteiger partial charge in [-0.05, 0) is 31.4 Å². The van der Waals surface area contributed by atoms with Crippen LogP contribution in [0.25, 0.3) is 0 Å². The number of pyridine rings is 1. The molecular formula is C19H22ClN5O2. The van der Waals surface area contributed by atoms with E-state index in [9.17, 15) is 4.79 Å². The molecule has 0 unspecified atom stereocenters. The van der Waals surface area contributed by atoms with Gasteiger partial charge in [0, 0.05) is 19.6 Å². The van der Waals surface area contributed by atoms with Crippen LogP contribution in [0.4, 0.5) is 5.69 Å². The number of fused-ring (bicyclic) bond motifs is 1. The average Bonchev–Trinajstić information content (AvgIpc) is 3.33. The second-order valence-electron chi connectivity index (χ2n) is 7.12. The Bertz CT molecular complexity index is 887. The number of hydrogen-bond acceptors (Lipinski definition) is 6. The van der Waals surface area contributed by atoms with Gasteiger partial charge in [0.05, 0.1) is 54.1 Å². The highest BCUT2D eigenvalue weighted by molar-refractivity contribution is 6.32. The van der Waals surface area contributed by atoms with Crippen molar-refractivity contribution in [1.82, 2.24) is 19.9 Å². The number of amides is 1. The van der Waals surface area contributed by atoms with Crippen molar-refractivity contribution in [2.24, 2.45) is 5.92 Å². The van der Waals surface area contributed by atoms with E-state index >= 15 is 0 Å². The Morgan fingerprint density at radius 1 is 1.26 bits per heavy atom. The number of halogens is 1. The number of anilines is 1. The van der Waals surface area contributed by atoms with Crippen LogP contribution in [-0.4, -0.2) is 46.0 Å². The molecular weight excluding hydrogens is 366 g/mol. The monoisotopic (exact) mass is 387 g/mol. The van der Waals surface area contributed by atoms with Crippen LogP contribution in [0.1, 0.15) is 28.9 Å². The highest BCUT2D eigenvalue weighted by Crippen LogP contribution is 2.33. The number of carbonyl (C=O) groups excluding carboxylic acids is 1. The number of nitrogens with zero attached hydrogens (tertiary/aromatic N) is 5. The van der Waals surface area contributed by atoms with Gasteiger partial charge < -0.3 is 14.5 Å². The van der Waals surface area contributed by atoms with Crippen molar-refractivity contribution in [1.29, 1.82) is 0 Å². The van der Waals surface area contributed by atoms with Crippen LogP contribution in [0.3, 0.4) is 0 Å².